The van der Waals surface area contributed by atoms with Crippen LogP contribution in [0.15, 0.2) is 73.7 Å². The highest BCUT2D eigenvalue weighted by molar-refractivity contribution is 9.11. The lowest BCUT2D eigenvalue weighted by atomic mass is 10.2. The van der Waals surface area contributed by atoms with Crippen molar-refractivity contribution in [3.05, 3.63) is 84.6 Å². The largest absolute Gasteiger partial charge is 0.506 e. The molecular formula is C21H15Br2N3O4S. The molecule has 4 N–H and O–H groups in total. The number of phenols is 2. The summed E-state index contributed by atoms with van der Waals surface area (Å²) in [5.74, 6) is -1.49. The molecule has 0 bridgehead atoms. The predicted molar refractivity (Wildman–Crippen MR) is 127 cm³/mol. The first-order valence-corrected chi connectivity index (χ1v) is 11.2. The quantitative estimate of drug-likeness (QED) is 0.199. The highest BCUT2D eigenvalue weighted by Gasteiger charge is 2.15. The smallest absolute Gasteiger partial charge is 0.287 e. The van der Waals surface area contributed by atoms with Gasteiger partial charge in [0.2, 0.25) is 0 Å². The summed E-state index contributed by atoms with van der Waals surface area (Å²) in [4.78, 5) is 25.9. The van der Waals surface area contributed by atoms with Gasteiger partial charge in [-0.1, -0.05) is 24.3 Å². The van der Waals surface area contributed by atoms with Gasteiger partial charge in [-0.2, -0.15) is 5.10 Å². The van der Waals surface area contributed by atoms with E-state index in [0.717, 1.165) is 4.88 Å². The van der Waals surface area contributed by atoms with Gasteiger partial charge in [0, 0.05) is 16.0 Å². The molecule has 7 nitrogen and oxygen atoms in total. The number of nitrogens with one attached hydrogen (secondary N) is 2. The maximum absolute atomic E-state index is 12.7. The molecule has 3 aromatic rings. The molecular weight excluding hydrogens is 550 g/mol. The molecule has 10 heteroatoms. The van der Waals surface area contributed by atoms with E-state index in [2.05, 4.69) is 47.7 Å². The minimum atomic E-state index is -0.648. The second-order valence-electron chi connectivity index (χ2n) is 6.05. The number of halogens is 2. The molecule has 0 aliphatic heterocycles. The van der Waals surface area contributed by atoms with Crippen molar-refractivity contribution in [2.24, 2.45) is 5.10 Å². The van der Waals surface area contributed by atoms with Gasteiger partial charge in [0.15, 0.2) is 0 Å². The first-order chi connectivity index (χ1) is 14.9. The molecule has 0 fully saturated rings. The normalized spacial score (nSPS) is 11.5. The number of hydrogen-bond acceptors (Lipinski definition) is 6. The molecule has 1 aromatic heterocycles. The first-order valence-electron chi connectivity index (χ1n) is 8.71. The molecule has 158 valence electrons. The third-order valence-corrected chi connectivity index (χ3v) is 6.10. The van der Waals surface area contributed by atoms with Crippen molar-refractivity contribution in [3.63, 3.8) is 0 Å². The Morgan fingerprint density at radius 2 is 1.77 bits per heavy atom. The Labute approximate surface area is 198 Å². The number of hydrazone groups is 1. The minimum Gasteiger partial charge on any atom is -0.506 e. The summed E-state index contributed by atoms with van der Waals surface area (Å²) in [7, 11) is 0. The summed E-state index contributed by atoms with van der Waals surface area (Å²) >= 11 is 7.64. The van der Waals surface area contributed by atoms with E-state index < -0.39 is 11.8 Å². The van der Waals surface area contributed by atoms with Crippen molar-refractivity contribution in [1.82, 2.24) is 10.7 Å². The number of benzene rings is 2. The van der Waals surface area contributed by atoms with Crippen LogP contribution in [0.5, 0.6) is 11.5 Å². The maximum atomic E-state index is 12.7. The molecule has 0 saturated carbocycles. The summed E-state index contributed by atoms with van der Waals surface area (Å²) in [5, 5.41) is 28.2. The molecule has 0 saturated heterocycles. The van der Waals surface area contributed by atoms with Gasteiger partial charge in [0.1, 0.15) is 21.7 Å². The van der Waals surface area contributed by atoms with Gasteiger partial charge in [-0.05, 0) is 67.6 Å². The molecule has 2 aromatic carbocycles. The van der Waals surface area contributed by atoms with E-state index >= 15 is 0 Å². The van der Waals surface area contributed by atoms with E-state index in [-0.39, 0.29) is 27.2 Å². The second-order valence-corrected chi connectivity index (χ2v) is 8.68. The third-order valence-electron chi connectivity index (χ3n) is 3.93. The average molecular weight is 565 g/mol. The van der Waals surface area contributed by atoms with Crippen molar-refractivity contribution >= 4 is 67.3 Å². The Balaban J connectivity index is 1.79. The average Bonchev–Trinajstić information content (AvgIpc) is 3.29. The number of thiophene rings is 1. The Morgan fingerprint density at radius 3 is 2.45 bits per heavy atom. The van der Waals surface area contributed by atoms with Gasteiger partial charge < -0.3 is 15.5 Å². The van der Waals surface area contributed by atoms with Gasteiger partial charge in [0.25, 0.3) is 11.8 Å². The zero-order chi connectivity index (χ0) is 22.4. The first kappa shape index (κ1) is 22.7. The van der Waals surface area contributed by atoms with Crippen LogP contribution in [0.3, 0.4) is 0 Å². The number of aromatic hydroxyl groups is 2. The number of carbonyl (C=O) groups is 2. The van der Waals surface area contributed by atoms with Crippen molar-refractivity contribution < 1.29 is 19.8 Å². The molecule has 3 rings (SSSR count). The van der Waals surface area contributed by atoms with E-state index in [1.54, 1.807) is 42.5 Å². The summed E-state index contributed by atoms with van der Waals surface area (Å²) < 4.78 is 0.418. The summed E-state index contributed by atoms with van der Waals surface area (Å²) in [6, 6.07) is 13.6. The second kappa shape index (κ2) is 10.4. The lowest BCUT2D eigenvalue weighted by Crippen LogP contribution is -2.32. The van der Waals surface area contributed by atoms with Gasteiger partial charge in [0.05, 0.1) is 10.7 Å². The van der Waals surface area contributed by atoms with Crippen LogP contribution in [-0.4, -0.2) is 28.2 Å². The Kier molecular flexibility index (Phi) is 7.61. The molecule has 31 heavy (non-hydrogen) atoms. The monoisotopic (exact) mass is 563 g/mol. The standard InChI is InChI=1S/C21H15Br2N3O4S/c22-15-9-13(18(27)17(23)19(15)28)11-24-26-21(30)16(10-14-7-4-8-31-14)25-20(29)12-5-2-1-3-6-12/h1-11,27-28H,(H,25,29)(H,26,30)/b16-10+,24-11+. The van der Waals surface area contributed by atoms with Crippen LogP contribution in [0.25, 0.3) is 6.08 Å². The lowest BCUT2D eigenvalue weighted by Gasteiger charge is -2.09. The fourth-order valence-electron chi connectivity index (χ4n) is 2.39. The van der Waals surface area contributed by atoms with Crippen LogP contribution in [0.2, 0.25) is 0 Å². The van der Waals surface area contributed by atoms with Gasteiger partial charge in [-0.15, -0.1) is 11.3 Å². The molecule has 0 aliphatic rings. The Bertz CT molecular complexity index is 1160. The van der Waals surface area contributed by atoms with Crippen LogP contribution in [-0.2, 0) is 4.79 Å². The molecule has 0 spiro atoms. The minimum absolute atomic E-state index is 0.00532. The number of carbonyl (C=O) groups excluding carboxylic acids is 2. The van der Waals surface area contributed by atoms with Gasteiger partial charge in [-0.25, -0.2) is 5.43 Å². The summed E-state index contributed by atoms with van der Waals surface area (Å²) in [6.07, 6.45) is 2.76. The lowest BCUT2D eigenvalue weighted by molar-refractivity contribution is -0.117. The zero-order valence-corrected chi connectivity index (χ0v) is 19.7. The van der Waals surface area contributed by atoms with Gasteiger partial charge >= 0.3 is 0 Å². The van der Waals surface area contributed by atoms with Crippen molar-refractivity contribution in [2.75, 3.05) is 0 Å². The van der Waals surface area contributed by atoms with E-state index in [9.17, 15) is 19.8 Å². The highest BCUT2D eigenvalue weighted by atomic mass is 79.9. The SMILES string of the molecule is O=C(N/N=C/c1cc(Br)c(O)c(Br)c1O)/C(=C\c1cccs1)NC(=O)c1ccccc1. The highest BCUT2D eigenvalue weighted by Crippen LogP contribution is 2.40. The van der Waals surface area contributed by atoms with Crippen molar-refractivity contribution in [3.8, 4) is 11.5 Å². The molecule has 0 atom stereocenters. The molecule has 2 amide bonds. The fraction of sp³-hybridized carbons (Fsp3) is 0. The van der Waals surface area contributed by atoms with Crippen LogP contribution in [0.1, 0.15) is 20.8 Å². The molecule has 0 radical (unpaired) electrons. The van der Waals surface area contributed by atoms with E-state index in [4.69, 9.17) is 0 Å². The van der Waals surface area contributed by atoms with Crippen LogP contribution < -0.4 is 10.7 Å². The number of nitrogens with zero attached hydrogens (tertiary/aromatic N) is 1. The maximum Gasteiger partial charge on any atom is 0.287 e. The Hall–Kier alpha value is -2.95. The topological polar surface area (TPSA) is 111 Å². The Morgan fingerprint density at radius 1 is 1.03 bits per heavy atom. The number of amides is 2. The van der Waals surface area contributed by atoms with Crippen molar-refractivity contribution in [2.45, 2.75) is 0 Å². The summed E-state index contributed by atoms with van der Waals surface area (Å²) in [6.45, 7) is 0. The van der Waals surface area contributed by atoms with Crippen LogP contribution in [0, 0.1) is 0 Å². The number of rotatable bonds is 6. The van der Waals surface area contributed by atoms with Crippen molar-refractivity contribution in [1.29, 1.82) is 0 Å². The molecule has 0 aliphatic carbocycles. The predicted octanol–water partition coefficient (Wildman–Crippen LogP) is 4.61. The third kappa shape index (κ3) is 5.81. The van der Waals surface area contributed by atoms with Crippen LogP contribution in [0.4, 0.5) is 0 Å². The van der Waals surface area contributed by atoms with E-state index in [0.29, 0.717) is 10.0 Å². The number of hydrogen-bond donors (Lipinski definition) is 4. The van der Waals surface area contributed by atoms with Gasteiger partial charge in [-0.3, -0.25) is 9.59 Å². The van der Waals surface area contributed by atoms with Crippen LogP contribution >= 0.6 is 43.2 Å². The van der Waals surface area contributed by atoms with E-state index in [1.165, 1.54) is 23.6 Å². The molecule has 0 unspecified atom stereocenters. The summed E-state index contributed by atoms with van der Waals surface area (Å²) in [5.41, 5.74) is 2.98. The fourth-order valence-corrected chi connectivity index (χ4v) is 4.20. The number of phenolic OH excluding ortho intramolecular Hbond substituents is 2. The zero-order valence-electron chi connectivity index (χ0n) is 15.7. The van der Waals surface area contributed by atoms with E-state index in [1.807, 2.05) is 11.4 Å². The molecule has 1 heterocycles.